The van der Waals surface area contributed by atoms with Crippen LogP contribution in [0.3, 0.4) is 0 Å². The van der Waals surface area contributed by atoms with Gasteiger partial charge in [0.25, 0.3) is 0 Å². The Balaban J connectivity index is 1.82. The summed E-state index contributed by atoms with van der Waals surface area (Å²) in [5, 5.41) is 13.2. The van der Waals surface area contributed by atoms with Gasteiger partial charge >= 0.3 is 0 Å². The number of methoxy groups -OCH3 is 2. The van der Waals surface area contributed by atoms with Crippen molar-refractivity contribution in [2.75, 3.05) is 20.8 Å². The average molecular weight is 291 g/mol. The lowest BCUT2D eigenvalue weighted by atomic mass is 10.2. The molecule has 2 rings (SSSR count). The van der Waals surface area contributed by atoms with E-state index in [4.69, 9.17) is 9.47 Å². The van der Waals surface area contributed by atoms with E-state index in [-0.39, 0.29) is 5.75 Å². The zero-order chi connectivity index (χ0) is 15.1. The maximum Gasteiger partial charge on any atom is 0.200 e. The molecule has 2 N–H and O–H groups in total. The first-order chi connectivity index (χ1) is 10.2. The normalized spacial score (nSPS) is 10.6. The van der Waals surface area contributed by atoms with Crippen LogP contribution in [0.1, 0.15) is 12.0 Å². The fraction of sp³-hybridized carbons (Fsp3) is 0.400. The number of aromatic hydroxyl groups is 1. The van der Waals surface area contributed by atoms with Crippen molar-refractivity contribution >= 4 is 0 Å². The summed E-state index contributed by atoms with van der Waals surface area (Å²) in [4.78, 5) is 4.01. The van der Waals surface area contributed by atoms with Crippen molar-refractivity contribution in [1.29, 1.82) is 0 Å². The van der Waals surface area contributed by atoms with Gasteiger partial charge < -0.3 is 24.5 Å². The molecule has 1 heterocycles. The summed E-state index contributed by atoms with van der Waals surface area (Å²) in [5.74, 6) is 0.873. The Kier molecular flexibility index (Phi) is 5.45. The second kappa shape index (κ2) is 7.54. The van der Waals surface area contributed by atoms with Gasteiger partial charge in [-0.1, -0.05) is 0 Å². The Morgan fingerprint density at radius 2 is 1.95 bits per heavy atom. The highest BCUT2D eigenvalue weighted by molar-refractivity contribution is 5.52. The number of nitrogens with one attached hydrogen (secondary N) is 1. The van der Waals surface area contributed by atoms with Crippen LogP contribution >= 0.6 is 0 Å². The summed E-state index contributed by atoms with van der Waals surface area (Å²) >= 11 is 0. The molecule has 6 heteroatoms. The topological polar surface area (TPSA) is 68.5 Å². The van der Waals surface area contributed by atoms with E-state index < -0.39 is 0 Å². The number of aromatic nitrogens is 2. The SMILES string of the molecule is COc1cc(CNCCCn2ccnc2)cc(OC)c1O. The van der Waals surface area contributed by atoms with Crippen LogP contribution in [0, 0.1) is 0 Å². The third-order valence-electron chi connectivity index (χ3n) is 3.20. The van der Waals surface area contributed by atoms with E-state index in [1.165, 1.54) is 14.2 Å². The van der Waals surface area contributed by atoms with Crippen LogP contribution in [0.15, 0.2) is 30.9 Å². The third-order valence-corrected chi connectivity index (χ3v) is 3.20. The van der Waals surface area contributed by atoms with Crippen LogP contribution in [0.2, 0.25) is 0 Å². The van der Waals surface area contributed by atoms with E-state index in [1.807, 2.05) is 17.1 Å². The van der Waals surface area contributed by atoms with Gasteiger partial charge in [-0.25, -0.2) is 4.98 Å². The van der Waals surface area contributed by atoms with Crippen molar-refractivity contribution in [2.45, 2.75) is 19.5 Å². The van der Waals surface area contributed by atoms with Crippen LogP contribution in [0.4, 0.5) is 0 Å². The highest BCUT2D eigenvalue weighted by Crippen LogP contribution is 2.36. The number of imidazole rings is 1. The lowest BCUT2D eigenvalue weighted by Crippen LogP contribution is -2.16. The summed E-state index contributed by atoms with van der Waals surface area (Å²) < 4.78 is 12.3. The summed E-state index contributed by atoms with van der Waals surface area (Å²) in [7, 11) is 3.05. The largest absolute Gasteiger partial charge is 0.502 e. The summed E-state index contributed by atoms with van der Waals surface area (Å²) in [5.41, 5.74) is 1.00. The molecule has 2 aromatic rings. The second-order valence-electron chi connectivity index (χ2n) is 4.68. The molecule has 0 atom stereocenters. The molecular weight excluding hydrogens is 270 g/mol. The van der Waals surface area contributed by atoms with Gasteiger partial charge in [0.2, 0.25) is 5.75 Å². The average Bonchev–Trinajstić information content (AvgIpc) is 3.01. The number of phenols is 1. The molecule has 0 amide bonds. The summed E-state index contributed by atoms with van der Waals surface area (Å²) in [6.07, 6.45) is 6.57. The lowest BCUT2D eigenvalue weighted by molar-refractivity contribution is 0.339. The number of hydrogen-bond donors (Lipinski definition) is 2. The van der Waals surface area contributed by atoms with Gasteiger partial charge in [0.15, 0.2) is 11.5 Å². The standard InChI is InChI=1S/C15H21N3O3/c1-20-13-8-12(9-14(21-2)15(13)19)10-16-4-3-6-18-7-5-17-11-18/h5,7-9,11,16,19H,3-4,6,10H2,1-2H3. The molecule has 1 aromatic carbocycles. The molecule has 1 aromatic heterocycles. The first-order valence-corrected chi connectivity index (χ1v) is 6.85. The van der Waals surface area contributed by atoms with E-state index in [9.17, 15) is 5.11 Å². The minimum Gasteiger partial charge on any atom is -0.502 e. The molecule has 0 saturated heterocycles. The van der Waals surface area contributed by atoms with E-state index >= 15 is 0 Å². The van der Waals surface area contributed by atoms with E-state index in [0.29, 0.717) is 18.0 Å². The summed E-state index contributed by atoms with van der Waals surface area (Å²) in [6.45, 7) is 2.52. The zero-order valence-electron chi connectivity index (χ0n) is 12.4. The molecule has 114 valence electrons. The van der Waals surface area contributed by atoms with Gasteiger partial charge in [-0.05, 0) is 30.7 Å². The van der Waals surface area contributed by atoms with E-state index in [0.717, 1.165) is 25.1 Å². The Bertz CT molecular complexity index is 530. The molecule has 0 spiro atoms. The van der Waals surface area contributed by atoms with Crippen LogP contribution in [-0.4, -0.2) is 35.4 Å². The van der Waals surface area contributed by atoms with Crippen molar-refractivity contribution in [3.63, 3.8) is 0 Å². The molecule has 0 aliphatic heterocycles. The van der Waals surface area contributed by atoms with Crippen molar-refractivity contribution in [3.8, 4) is 17.2 Å². The minimum atomic E-state index is 0.0313. The smallest absolute Gasteiger partial charge is 0.200 e. The van der Waals surface area contributed by atoms with Crippen molar-refractivity contribution in [3.05, 3.63) is 36.4 Å². The number of benzene rings is 1. The van der Waals surface area contributed by atoms with Crippen LogP contribution in [0.25, 0.3) is 0 Å². The van der Waals surface area contributed by atoms with Gasteiger partial charge in [0.05, 0.1) is 20.5 Å². The highest BCUT2D eigenvalue weighted by atomic mass is 16.5. The molecule has 0 saturated carbocycles. The van der Waals surface area contributed by atoms with Crippen LogP contribution in [-0.2, 0) is 13.1 Å². The van der Waals surface area contributed by atoms with Crippen molar-refractivity contribution in [1.82, 2.24) is 14.9 Å². The quantitative estimate of drug-likeness (QED) is 0.726. The lowest BCUT2D eigenvalue weighted by Gasteiger charge is -2.12. The van der Waals surface area contributed by atoms with E-state index in [2.05, 4.69) is 10.3 Å². The zero-order valence-corrected chi connectivity index (χ0v) is 12.4. The number of hydrogen-bond acceptors (Lipinski definition) is 5. The molecule has 6 nitrogen and oxygen atoms in total. The predicted molar refractivity (Wildman–Crippen MR) is 79.8 cm³/mol. The number of nitrogens with zero attached hydrogens (tertiary/aromatic N) is 2. The Morgan fingerprint density at radius 3 is 2.52 bits per heavy atom. The highest BCUT2D eigenvalue weighted by Gasteiger charge is 2.10. The predicted octanol–water partition coefficient (Wildman–Crippen LogP) is 1.79. The molecule has 0 aliphatic rings. The fourth-order valence-electron chi connectivity index (χ4n) is 2.09. The molecule has 0 aliphatic carbocycles. The van der Waals surface area contributed by atoms with Gasteiger partial charge in [-0.15, -0.1) is 0 Å². The minimum absolute atomic E-state index is 0.0313. The van der Waals surface area contributed by atoms with E-state index in [1.54, 1.807) is 18.3 Å². The summed E-state index contributed by atoms with van der Waals surface area (Å²) in [6, 6.07) is 3.61. The molecule has 0 unspecified atom stereocenters. The number of rotatable bonds is 8. The Labute approximate surface area is 124 Å². The van der Waals surface area contributed by atoms with Gasteiger partial charge in [-0.3, -0.25) is 0 Å². The first kappa shape index (κ1) is 15.2. The van der Waals surface area contributed by atoms with Crippen LogP contribution in [0.5, 0.6) is 17.2 Å². The molecule has 0 fully saturated rings. The van der Waals surface area contributed by atoms with Crippen molar-refractivity contribution < 1.29 is 14.6 Å². The maximum absolute atomic E-state index is 9.85. The van der Waals surface area contributed by atoms with Gasteiger partial charge in [-0.2, -0.15) is 0 Å². The number of ether oxygens (including phenoxy) is 2. The molecule has 0 radical (unpaired) electrons. The molecule has 0 bridgehead atoms. The molecule has 21 heavy (non-hydrogen) atoms. The Hall–Kier alpha value is -2.21. The second-order valence-corrected chi connectivity index (χ2v) is 4.68. The Morgan fingerprint density at radius 1 is 1.24 bits per heavy atom. The fourth-order valence-corrected chi connectivity index (χ4v) is 2.09. The number of aryl methyl sites for hydroxylation is 1. The monoisotopic (exact) mass is 291 g/mol. The van der Waals surface area contributed by atoms with Gasteiger partial charge in [0, 0.05) is 25.5 Å². The number of phenolic OH excluding ortho intramolecular Hbond substituents is 1. The first-order valence-electron chi connectivity index (χ1n) is 6.85. The van der Waals surface area contributed by atoms with Gasteiger partial charge in [0.1, 0.15) is 0 Å². The van der Waals surface area contributed by atoms with Crippen molar-refractivity contribution in [2.24, 2.45) is 0 Å². The third kappa shape index (κ3) is 4.13. The molecular formula is C15H21N3O3. The van der Waals surface area contributed by atoms with Crippen LogP contribution < -0.4 is 14.8 Å². The maximum atomic E-state index is 9.85.